The van der Waals surface area contributed by atoms with E-state index in [0.29, 0.717) is 0 Å². The van der Waals surface area contributed by atoms with Crippen molar-refractivity contribution in [2.75, 3.05) is 0 Å². The smallest absolute Gasteiger partial charge is 0.0792 e. The molecule has 0 aliphatic heterocycles. The molecule has 1 N–H and O–H groups in total. The molecule has 4 heteroatoms. The van der Waals surface area contributed by atoms with Gasteiger partial charge in [0.05, 0.1) is 16.1 Å². The normalized spacial score (nSPS) is 18.3. The topological polar surface area (TPSA) is 33.1 Å². The molecule has 1 atom stereocenters. The Morgan fingerprint density at radius 3 is 2.55 bits per heavy atom. The van der Waals surface area contributed by atoms with Gasteiger partial charge >= 0.3 is 0 Å². The summed E-state index contributed by atoms with van der Waals surface area (Å²) >= 11 is 11.3. The van der Waals surface area contributed by atoms with Crippen molar-refractivity contribution >= 4 is 23.2 Å². The quantitative estimate of drug-likeness (QED) is 0.746. The lowest BCUT2D eigenvalue weighted by molar-refractivity contribution is 0.199. The number of pyridine rings is 1. The standard InChI is InChI=1S/C7H7Cl2NO/c1-4(11)7-5(8)2-10-3-6(7)9/h2-4,11H,1H3/i1D3. The van der Waals surface area contributed by atoms with Crippen LogP contribution in [0.15, 0.2) is 12.4 Å². The van der Waals surface area contributed by atoms with Crippen molar-refractivity contribution in [1.82, 2.24) is 4.98 Å². The van der Waals surface area contributed by atoms with Gasteiger partial charge in [-0.3, -0.25) is 4.98 Å². The lowest BCUT2D eigenvalue weighted by Gasteiger charge is -2.07. The van der Waals surface area contributed by atoms with Gasteiger partial charge in [0, 0.05) is 22.1 Å². The second-order valence-electron chi connectivity index (χ2n) is 1.92. The van der Waals surface area contributed by atoms with E-state index in [-0.39, 0.29) is 15.6 Å². The lowest BCUT2D eigenvalue weighted by Crippen LogP contribution is -1.94. The molecule has 0 spiro atoms. The summed E-state index contributed by atoms with van der Waals surface area (Å²) < 4.78 is 21.0. The molecule has 0 amide bonds. The van der Waals surface area contributed by atoms with Crippen molar-refractivity contribution in [1.29, 1.82) is 0 Å². The summed E-state index contributed by atoms with van der Waals surface area (Å²) in [5.41, 5.74) is -0.0108. The average Bonchev–Trinajstić information content (AvgIpc) is 2.01. The molecule has 11 heavy (non-hydrogen) atoms. The van der Waals surface area contributed by atoms with E-state index in [1.807, 2.05) is 0 Å². The molecule has 0 aliphatic rings. The Kier molecular flexibility index (Phi) is 1.65. The molecule has 1 unspecified atom stereocenters. The van der Waals surface area contributed by atoms with Crippen LogP contribution in [-0.4, -0.2) is 10.1 Å². The molecule has 2 nitrogen and oxygen atoms in total. The van der Waals surface area contributed by atoms with Crippen LogP contribution in [0, 0.1) is 0 Å². The number of hydrogen-bond donors (Lipinski definition) is 1. The number of aliphatic hydroxyl groups excluding tert-OH is 1. The first kappa shape index (κ1) is 5.36. The number of halogens is 2. The maximum absolute atomic E-state index is 9.46. The first-order valence-electron chi connectivity index (χ1n) is 4.31. The predicted molar refractivity (Wildman–Crippen MR) is 44.9 cm³/mol. The monoisotopic (exact) mass is 194 g/mol. The van der Waals surface area contributed by atoms with Crippen molar-refractivity contribution in [3.63, 3.8) is 0 Å². The zero-order chi connectivity index (χ0) is 10.9. The van der Waals surface area contributed by atoms with E-state index >= 15 is 0 Å². The summed E-state index contributed by atoms with van der Waals surface area (Å²) in [6, 6.07) is 0. The van der Waals surface area contributed by atoms with E-state index in [9.17, 15) is 5.11 Å². The minimum Gasteiger partial charge on any atom is -0.389 e. The fourth-order valence-corrected chi connectivity index (χ4v) is 1.25. The van der Waals surface area contributed by atoms with Crippen molar-refractivity contribution < 1.29 is 9.22 Å². The van der Waals surface area contributed by atoms with Gasteiger partial charge < -0.3 is 5.11 Å². The largest absolute Gasteiger partial charge is 0.389 e. The van der Waals surface area contributed by atoms with Crippen LogP contribution >= 0.6 is 23.2 Å². The summed E-state index contributed by atoms with van der Waals surface area (Å²) in [4.78, 5) is 3.65. The zero-order valence-corrected chi connectivity index (χ0v) is 6.89. The molecule has 0 saturated carbocycles. The summed E-state index contributed by atoms with van der Waals surface area (Å²) in [6.45, 7) is -2.55. The molecule has 0 aliphatic carbocycles. The minimum absolute atomic E-state index is 0.0108. The third-order valence-corrected chi connectivity index (χ3v) is 1.77. The molecule has 0 bridgehead atoms. The van der Waals surface area contributed by atoms with Crippen LogP contribution in [0.5, 0.6) is 0 Å². The minimum atomic E-state index is -2.55. The van der Waals surface area contributed by atoms with E-state index in [0.717, 1.165) is 0 Å². The van der Waals surface area contributed by atoms with Gasteiger partial charge in [-0.2, -0.15) is 0 Å². The van der Waals surface area contributed by atoms with E-state index in [4.69, 9.17) is 27.3 Å². The van der Waals surface area contributed by atoms with Crippen LogP contribution in [0.1, 0.15) is 22.6 Å². The third kappa shape index (κ3) is 1.83. The van der Waals surface area contributed by atoms with Gasteiger partial charge in [-0.1, -0.05) is 23.2 Å². The summed E-state index contributed by atoms with van der Waals surface area (Å²) in [7, 11) is 0. The van der Waals surface area contributed by atoms with Crippen LogP contribution in [0.25, 0.3) is 0 Å². The van der Waals surface area contributed by atoms with Crippen molar-refractivity contribution in [3.8, 4) is 0 Å². The zero-order valence-electron chi connectivity index (χ0n) is 8.38. The second kappa shape index (κ2) is 3.39. The molecule has 0 aromatic carbocycles. The van der Waals surface area contributed by atoms with E-state index < -0.39 is 13.0 Å². The maximum Gasteiger partial charge on any atom is 0.0792 e. The fourth-order valence-electron chi connectivity index (χ4n) is 0.683. The number of aromatic nitrogens is 1. The highest BCUT2D eigenvalue weighted by Gasteiger charge is 2.10. The number of aliphatic hydroxyl groups is 1. The average molecular weight is 195 g/mol. The third-order valence-electron chi connectivity index (χ3n) is 1.16. The Morgan fingerprint density at radius 2 is 2.09 bits per heavy atom. The van der Waals surface area contributed by atoms with E-state index in [1.165, 1.54) is 12.4 Å². The summed E-state index contributed by atoms with van der Waals surface area (Å²) in [5.74, 6) is 0. The second-order valence-corrected chi connectivity index (χ2v) is 2.73. The van der Waals surface area contributed by atoms with Crippen LogP contribution in [0.4, 0.5) is 0 Å². The maximum atomic E-state index is 9.46. The lowest BCUT2D eigenvalue weighted by atomic mass is 10.2. The molecule has 1 aromatic heterocycles. The fraction of sp³-hybridized carbons (Fsp3) is 0.286. The molecule has 60 valence electrons. The molecular formula is C7H7Cl2NO. The highest BCUT2D eigenvalue weighted by molar-refractivity contribution is 6.35. The highest BCUT2D eigenvalue weighted by atomic mass is 35.5. The number of hydrogen-bond acceptors (Lipinski definition) is 2. The van der Waals surface area contributed by atoms with E-state index in [2.05, 4.69) is 4.98 Å². The Labute approximate surface area is 79.0 Å². The van der Waals surface area contributed by atoms with Gasteiger partial charge in [-0.15, -0.1) is 0 Å². The van der Waals surface area contributed by atoms with Gasteiger partial charge in [-0.05, 0) is 6.85 Å². The van der Waals surface area contributed by atoms with Crippen LogP contribution in [-0.2, 0) is 0 Å². The Bertz CT molecular complexity index is 322. The Balaban J connectivity index is 3.19. The van der Waals surface area contributed by atoms with Gasteiger partial charge in [0.2, 0.25) is 0 Å². The van der Waals surface area contributed by atoms with Crippen molar-refractivity contribution in [2.45, 2.75) is 13.0 Å². The van der Waals surface area contributed by atoms with Gasteiger partial charge in [0.1, 0.15) is 0 Å². The highest BCUT2D eigenvalue weighted by Crippen LogP contribution is 2.28. The van der Waals surface area contributed by atoms with Crippen LogP contribution < -0.4 is 0 Å². The van der Waals surface area contributed by atoms with Gasteiger partial charge in [0.25, 0.3) is 0 Å². The molecule has 0 saturated heterocycles. The molecule has 1 heterocycles. The first-order valence-corrected chi connectivity index (χ1v) is 3.56. The Morgan fingerprint density at radius 1 is 1.55 bits per heavy atom. The summed E-state index contributed by atoms with van der Waals surface area (Å²) in [5, 5.41) is 9.54. The SMILES string of the molecule is [2H]C([2H])([2H])C(O)c1c(Cl)cncc1Cl. The van der Waals surface area contributed by atoms with Gasteiger partial charge in [-0.25, -0.2) is 0 Å². The number of rotatable bonds is 1. The molecule has 1 rings (SSSR count). The first-order chi connectivity index (χ1) is 6.34. The summed E-state index contributed by atoms with van der Waals surface area (Å²) in [6.07, 6.45) is 0.778. The van der Waals surface area contributed by atoms with Crippen LogP contribution in [0.3, 0.4) is 0 Å². The molecule has 1 aromatic rings. The van der Waals surface area contributed by atoms with Crippen molar-refractivity contribution in [3.05, 3.63) is 28.0 Å². The van der Waals surface area contributed by atoms with Gasteiger partial charge in [0.15, 0.2) is 0 Å². The van der Waals surface area contributed by atoms with E-state index in [1.54, 1.807) is 0 Å². The molecular weight excluding hydrogens is 185 g/mol. The number of nitrogens with zero attached hydrogens (tertiary/aromatic N) is 1. The van der Waals surface area contributed by atoms with Crippen molar-refractivity contribution in [2.24, 2.45) is 0 Å². The van der Waals surface area contributed by atoms with Crippen LogP contribution in [0.2, 0.25) is 10.0 Å². The Hall–Kier alpha value is -0.310. The molecule has 0 fully saturated rings. The predicted octanol–water partition coefficient (Wildman–Crippen LogP) is 2.44. The molecule has 0 radical (unpaired) electrons.